The Balaban J connectivity index is 1.68. The van der Waals surface area contributed by atoms with Crippen LogP contribution in [-0.4, -0.2) is 29.3 Å². The Hall–Kier alpha value is -1.50. The highest BCUT2D eigenvalue weighted by Crippen LogP contribution is 2.15. The molecule has 1 aromatic carbocycles. The van der Waals surface area contributed by atoms with E-state index in [-0.39, 0.29) is 12.4 Å². The maximum absolute atomic E-state index is 13.3. The minimum Gasteiger partial charge on any atom is -0.488 e. The molecule has 0 saturated heterocycles. The van der Waals surface area contributed by atoms with Gasteiger partial charge in [-0.2, -0.15) is 0 Å². The lowest BCUT2D eigenvalue weighted by Gasteiger charge is -2.13. The van der Waals surface area contributed by atoms with Crippen LogP contribution in [0.4, 0.5) is 4.39 Å². The topological polar surface area (TPSA) is 54.4 Å². The van der Waals surface area contributed by atoms with Gasteiger partial charge in [0, 0.05) is 24.2 Å². The Morgan fingerprint density at radius 3 is 2.95 bits per heavy atom. The van der Waals surface area contributed by atoms with Crippen molar-refractivity contribution >= 4 is 11.3 Å². The number of aromatic nitrogens is 1. The van der Waals surface area contributed by atoms with E-state index in [9.17, 15) is 9.50 Å². The summed E-state index contributed by atoms with van der Waals surface area (Å²) in [6.07, 6.45) is 1.12. The summed E-state index contributed by atoms with van der Waals surface area (Å²) in [5.41, 5.74) is 0. The van der Waals surface area contributed by atoms with Crippen molar-refractivity contribution in [2.24, 2.45) is 0 Å². The molecule has 2 aromatic rings. The normalized spacial score (nSPS) is 12.3. The number of hydrogen-bond donors (Lipinski definition) is 2. The number of benzene rings is 1. The molecule has 0 amide bonds. The Kier molecular flexibility index (Phi) is 5.46. The number of nitrogens with zero attached hydrogens (tertiary/aromatic N) is 1. The van der Waals surface area contributed by atoms with Crippen molar-refractivity contribution in [1.29, 1.82) is 0 Å². The van der Waals surface area contributed by atoms with Crippen molar-refractivity contribution in [2.75, 3.05) is 13.2 Å². The summed E-state index contributed by atoms with van der Waals surface area (Å²) in [5.74, 6) is -0.266. The summed E-state index contributed by atoms with van der Waals surface area (Å²) in [5, 5.41) is 13.9. The Bertz CT molecular complexity index is 547. The monoisotopic (exact) mass is 296 g/mol. The van der Waals surface area contributed by atoms with Crippen LogP contribution in [0.5, 0.6) is 5.75 Å². The lowest BCUT2D eigenvalue weighted by Crippen LogP contribution is -2.31. The van der Waals surface area contributed by atoms with Crippen LogP contribution < -0.4 is 10.1 Å². The highest BCUT2D eigenvalue weighted by atomic mass is 32.1. The Morgan fingerprint density at radius 1 is 1.45 bits per heavy atom. The summed E-state index contributed by atoms with van der Waals surface area (Å²) in [7, 11) is 0. The number of ether oxygens (including phenoxy) is 1. The van der Waals surface area contributed by atoms with Crippen LogP contribution in [0.15, 0.2) is 30.5 Å². The number of aliphatic hydroxyl groups excluding tert-OH is 1. The van der Waals surface area contributed by atoms with Crippen LogP contribution in [0.2, 0.25) is 0 Å². The van der Waals surface area contributed by atoms with E-state index in [1.165, 1.54) is 12.1 Å². The standard InChI is InChI=1S/C14H17FN2O2S/c1-10-17-8-12(20-10)7-16-6-11(18)9-19-14-5-3-2-4-13(14)15/h2-5,8,11,16,18H,6-7,9H2,1H3. The molecule has 0 bridgehead atoms. The minimum absolute atomic E-state index is 0.0512. The van der Waals surface area contributed by atoms with Crippen molar-refractivity contribution in [3.63, 3.8) is 0 Å². The van der Waals surface area contributed by atoms with Gasteiger partial charge in [0.1, 0.15) is 12.7 Å². The van der Waals surface area contributed by atoms with Crippen molar-refractivity contribution in [3.8, 4) is 5.75 Å². The molecule has 1 atom stereocenters. The van der Waals surface area contributed by atoms with Crippen LogP contribution in [-0.2, 0) is 6.54 Å². The summed E-state index contributed by atoms with van der Waals surface area (Å²) >= 11 is 1.62. The lowest BCUT2D eigenvalue weighted by molar-refractivity contribution is 0.104. The fraction of sp³-hybridized carbons (Fsp3) is 0.357. The van der Waals surface area contributed by atoms with Crippen LogP contribution in [0.1, 0.15) is 9.88 Å². The predicted octanol–water partition coefficient (Wildman–Crippen LogP) is 2.12. The minimum atomic E-state index is -0.691. The number of halogens is 1. The molecule has 0 aliphatic carbocycles. The second-order valence-corrected chi connectivity index (χ2v) is 5.69. The second-order valence-electron chi connectivity index (χ2n) is 4.37. The van der Waals surface area contributed by atoms with Gasteiger partial charge in [0.15, 0.2) is 11.6 Å². The first kappa shape index (κ1) is 14.9. The molecule has 0 spiro atoms. The molecule has 1 unspecified atom stereocenters. The molecule has 0 aliphatic heterocycles. The van der Waals surface area contributed by atoms with E-state index >= 15 is 0 Å². The second kappa shape index (κ2) is 7.33. The average molecular weight is 296 g/mol. The molecule has 0 saturated carbocycles. The van der Waals surface area contributed by atoms with Gasteiger partial charge in [0.2, 0.25) is 0 Å². The number of nitrogens with one attached hydrogen (secondary N) is 1. The lowest BCUT2D eigenvalue weighted by atomic mass is 10.3. The van der Waals surface area contributed by atoms with E-state index in [0.717, 1.165) is 9.88 Å². The highest BCUT2D eigenvalue weighted by Gasteiger charge is 2.08. The van der Waals surface area contributed by atoms with Crippen LogP contribution in [0.25, 0.3) is 0 Å². The number of hydrogen-bond acceptors (Lipinski definition) is 5. The van der Waals surface area contributed by atoms with Gasteiger partial charge in [-0.3, -0.25) is 0 Å². The summed E-state index contributed by atoms with van der Waals surface area (Å²) < 4.78 is 18.5. The van der Waals surface area contributed by atoms with Crippen molar-refractivity contribution in [1.82, 2.24) is 10.3 Å². The summed E-state index contributed by atoms with van der Waals surface area (Å²) in [6.45, 7) is 3.04. The van der Waals surface area contributed by atoms with Gasteiger partial charge in [-0.1, -0.05) is 12.1 Å². The molecule has 0 fully saturated rings. The third-order valence-electron chi connectivity index (χ3n) is 2.62. The average Bonchev–Trinajstić information content (AvgIpc) is 2.83. The summed E-state index contributed by atoms with van der Waals surface area (Å²) in [4.78, 5) is 5.27. The molecule has 6 heteroatoms. The Labute approximate surface area is 121 Å². The van der Waals surface area contributed by atoms with Crippen molar-refractivity contribution < 1.29 is 14.2 Å². The first-order valence-electron chi connectivity index (χ1n) is 6.32. The maximum Gasteiger partial charge on any atom is 0.165 e. The number of rotatable bonds is 7. The zero-order chi connectivity index (χ0) is 14.4. The van der Waals surface area contributed by atoms with Gasteiger partial charge >= 0.3 is 0 Å². The van der Waals surface area contributed by atoms with E-state index < -0.39 is 11.9 Å². The SMILES string of the molecule is Cc1ncc(CNCC(O)COc2ccccc2F)s1. The predicted molar refractivity (Wildman–Crippen MR) is 76.5 cm³/mol. The number of thiazole rings is 1. The molecule has 1 heterocycles. The van der Waals surface area contributed by atoms with Gasteiger partial charge in [-0.05, 0) is 19.1 Å². The van der Waals surface area contributed by atoms with E-state index in [4.69, 9.17) is 4.74 Å². The molecule has 0 radical (unpaired) electrons. The first-order valence-corrected chi connectivity index (χ1v) is 7.14. The molecule has 108 valence electrons. The summed E-state index contributed by atoms with van der Waals surface area (Å²) in [6, 6.07) is 6.15. The molecule has 4 nitrogen and oxygen atoms in total. The number of para-hydroxylation sites is 1. The molecule has 2 rings (SSSR count). The molecular formula is C14H17FN2O2S. The zero-order valence-electron chi connectivity index (χ0n) is 11.2. The molecule has 20 heavy (non-hydrogen) atoms. The van der Waals surface area contributed by atoms with Crippen molar-refractivity contribution in [3.05, 3.63) is 46.2 Å². The van der Waals surface area contributed by atoms with Gasteiger partial charge < -0.3 is 15.2 Å². The Morgan fingerprint density at radius 2 is 2.25 bits per heavy atom. The quantitative estimate of drug-likeness (QED) is 0.822. The fourth-order valence-corrected chi connectivity index (χ4v) is 2.42. The molecular weight excluding hydrogens is 279 g/mol. The van der Waals surface area contributed by atoms with Crippen LogP contribution >= 0.6 is 11.3 Å². The van der Waals surface area contributed by atoms with Gasteiger partial charge in [0.25, 0.3) is 0 Å². The van der Waals surface area contributed by atoms with Crippen molar-refractivity contribution in [2.45, 2.75) is 19.6 Å². The maximum atomic E-state index is 13.3. The largest absolute Gasteiger partial charge is 0.488 e. The van der Waals surface area contributed by atoms with E-state index in [2.05, 4.69) is 10.3 Å². The molecule has 1 aromatic heterocycles. The first-order chi connectivity index (χ1) is 9.65. The van der Waals surface area contributed by atoms with Gasteiger partial charge in [-0.25, -0.2) is 9.37 Å². The molecule has 0 aliphatic rings. The van der Waals surface area contributed by atoms with E-state index in [1.54, 1.807) is 23.5 Å². The van der Waals surface area contributed by atoms with Gasteiger partial charge in [0.05, 0.1) is 5.01 Å². The molecule has 2 N–H and O–H groups in total. The smallest absolute Gasteiger partial charge is 0.165 e. The number of aliphatic hydroxyl groups is 1. The third kappa shape index (κ3) is 4.56. The zero-order valence-corrected chi connectivity index (χ0v) is 12.0. The van der Waals surface area contributed by atoms with Crippen LogP contribution in [0.3, 0.4) is 0 Å². The third-order valence-corrected chi connectivity index (χ3v) is 3.53. The number of aryl methyl sites for hydroxylation is 1. The highest BCUT2D eigenvalue weighted by molar-refractivity contribution is 7.11. The fourth-order valence-electron chi connectivity index (χ4n) is 1.66. The van der Waals surface area contributed by atoms with E-state index in [0.29, 0.717) is 13.1 Å². The van der Waals surface area contributed by atoms with Gasteiger partial charge in [-0.15, -0.1) is 11.3 Å². The van der Waals surface area contributed by atoms with E-state index in [1.807, 2.05) is 13.1 Å². The van der Waals surface area contributed by atoms with Crippen LogP contribution in [0, 0.1) is 12.7 Å².